The number of carboxylic acid groups (broad SMARTS) is 1. The van der Waals surface area contributed by atoms with E-state index in [0.717, 1.165) is 41.6 Å². The topological polar surface area (TPSA) is 108 Å². The van der Waals surface area contributed by atoms with Crippen LogP contribution in [0.25, 0.3) is 11.1 Å². The van der Waals surface area contributed by atoms with Crippen molar-refractivity contribution in [3.05, 3.63) is 95.6 Å². The number of fused-ring (bicyclic) bond motifs is 3. The first-order valence-electron chi connectivity index (χ1n) is 14.7. The normalized spacial score (nSPS) is 19.2. The van der Waals surface area contributed by atoms with Gasteiger partial charge in [-0.1, -0.05) is 78.9 Å². The zero-order valence-electron chi connectivity index (χ0n) is 23.8. The number of rotatable bonds is 9. The quantitative estimate of drug-likeness (QED) is 0.339. The summed E-state index contributed by atoms with van der Waals surface area (Å²) in [4.78, 5) is 41.7. The molecule has 218 valence electrons. The summed E-state index contributed by atoms with van der Waals surface area (Å²) in [7, 11) is 0. The standard InChI is InChI=1S/C34H37N3O5/c1-33(31(39)40,24-15-16-24)35-30(38)34(17-19-37(20-18-34)21-23-9-3-2-4-10-23)36-32(41)42-22-29-27-13-7-5-11-25(27)26-12-6-8-14-28(26)29/h2-14,24,29H,15-22H2,1H3,(H,35,38)(H,36,41)(H,39,40). The first-order valence-corrected chi connectivity index (χ1v) is 14.7. The molecule has 0 spiro atoms. The van der Waals surface area contributed by atoms with Crippen molar-refractivity contribution < 1.29 is 24.2 Å². The molecular formula is C34H37N3O5. The van der Waals surface area contributed by atoms with E-state index in [1.54, 1.807) is 6.92 Å². The molecule has 2 amide bonds. The van der Waals surface area contributed by atoms with Crippen molar-refractivity contribution in [1.29, 1.82) is 0 Å². The second-order valence-electron chi connectivity index (χ2n) is 12.0. The molecule has 1 saturated heterocycles. The molecule has 2 fully saturated rings. The van der Waals surface area contributed by atoms with Crippen LogP contribution in [0.3, 0.4) is 0 Å². The van der Waals surface area contributed by atoms with Gasteiger partial charge < -0.3 is 20.5 Å². The van der Waals surface area contributed by atoms with E-state index in [1.165, 1.54) is 5.56 Å². The lowest BCUT2D eigenvalue weighted by atomic mass is 9.84. The van der Waals surface area contributed by atoms with E-state index in [9.17, 15) is 19.5 Å². The molecule has 3 N–H and O–H groups in total. The molecule has 0 aromatic heterocycles. The third kappa shape index (κ3) is 5.39. The summed E-state index contributed by atoms with van der Waals surface area (Å²) in [5, 5.41) is 15.7. The number of ether oxygens (including phenoxy) is 1. The average Bonchev–Trinajstić information content (AvgIpc) is 3.81. The van der Waals surface area contributed by atoms with E-state index in [-0.39, 0.29) is 18.4 Å². The maximum Gasteiger partial charge on any atom is 0.408 e. The van der Waals surface area contributed by atoms with Gasteiger partial charge in [-0.05, 0) is 66.3 Å². The van der Waals surface area contributed by atoms with Crippen LogP contribution < -0.4 is 10.6 Å². The molecule has 1 aliphatic heterocycles. The molecule has 3 aromatic rings. The number of nitrogens with one attached hydrogen (secondary N) is 2. The molecule has 1 atom stereocenters. The van der Waals surface area contributed by atoms with Gasteiger partial charge in [0.1, 0.15) is 17.7 Å². The molecule has 3 aliphatic rings. The fourth-order valence-corrected chi connectivity index (χ4v) is 6.52. The number of piperidine rings is 1. The summed E-state index contributed by atoms with van der Waals surface area (Å²) in [5.74, 6) is -1.75. The minimum absolute atomic E-state index is 0.106. The van der Waals surface area contributed by atoms with E-state index in [1.807, 2.05) is 42.5 Å². The van der Waals surface area contributed by atoms with Crippen LogP contribution in [0.15, 0.2) is 78.9 Å². The maximum atomic E-state index is 13.9. The highest BCUT2D eigenvalue weighted by Gasteiger charge is 2.52. The fraction of sp³-hybridized carbons (Fsp3) is 0.382. The summed E-state index contributed by atoms with van der Waals surface area (Å²) in [6.07, 6.45) is 1.51. The minimum Gasteiger partial charge on any atom is -0.480 e. The first-order chi connectivity index (χ1) is 20.3. The molecule has 8 heteroatoms. The van der Waals surface area contributed by atoms with Crippen molar-refractivity contribution in [2.45, 2.75) is 56.1 Å². The number of carbonyl (C=O) groups excluding carboxylic acids is 2. The van der Waals surface area contributed by atoms with Crippen LogP contribution in [-0.4, -0.2) is 58.8 Å². The molecule has 2 aliphatic carbocycles. The number of likely N-dealkylation sites (tertiary alicyclic amines) is 1. The number of hydrogen-bond donors (Lipinski definition) is 3. The Balaban J connectivity index is 1.18. The van der Waals surface area contributed by atoms with Gasteiger partial charge in [-0.15, -0.1) is 0 Å². The number of aliphatic carboxylic acids is 1. The van der Waals surface area contributed by atoms with Gasteiger partial charge in [-0.2, -0.15) is 0 Å². The highest BCUT2D eigenvalue weighted by atomic mass is 16.5. The van der Waals surface area contributed by atoms with Crippen molar-refractivity contribution in [3.8, 4) is 11.1 Å². The van der Waals surface area contributed by atoms with E-state index in [0.29, 0.717) is 25.9 Å². The third-order valence-corrected chi connectivity index (χ3v) is 9.29. The highest BCUT2D eigenvalue weighted by molar-refractivity contribution is 5.94. The largest absolute Gasteiger partial charge is 0.480 e. The van der Waals surface area contributed by atoms with E-state index >= 15 is 0 Å². The van der Waals surface area contributed by atoms with Crippen LogP contribution in [0.1, 0.15) is 55.2 Å². The Morgan fingerprint density at radius 3 is 2.05 bits per heavy atom. The van der Waals surface area contributed by atoms with Crippen LogP contribution in [0.4, 0.5) is 4.79 Å². The predicted molar refractivity (Wildman–Crippen MR) is 159 cm³/mol. The van der Waals surface area contributed by atoms with Gasteiger partial charge in [0.25, 0.3) is 0 Å². The Morgan fingerprint density at radius 1 is 0.905 bits per heavy atom. The summed E-state index contributed by atoms with van der Waals surface area (Å²) < 4.78 is 5.82. The van der Waals surface area contributed by atoms with Crippen LogP contribution in [0, 0.1) is 5.92 Å². The van der Waals surface area contributed by atoms with Gasteiger partial charge >= 0.3 is 12.1 Å². The minimum atomic E-state index is -1.38. The molecule has 8 nitrogen and oxygen atoms in total. The lowest BCUT2D eigenvalue weighted by molar-refractivity contribution is -0.149. The van der Waals surface area contributed by atoms with Crippen molar-refractivity contribution in [2.75, 3.05) is 19.7 Å². The van der Waals surface area contributed by atoms with Gasteiger partial charge in [-0.3, -0.25) is 9.69 Å². The van der Waals surface area contributed by atoms with Crippen LogP contribution in [0.2, 0.25) is 0 Å². The summed E-state index contributed by atoms with van der Waals surface area (Å²) in [5.41, 5.74) is 3.00. The third-order valence-electron chi connectivity index (χ3n) is 9.29. The average molecular weight is 568 g/mol. The second kappa shape index (κ2) is 11.2. The second-order valence-corrected chi connectivity index (χ2v) is 12.0. The SMILES string of the molecule is CC(NC(=O)C1(NC(=O)OCC2c3ccccc3-c3ccccc32)CCN(Cc2ccccc2)CC1)(C(=O)O)C1CC1. The number of hydrogen-bond acceptors (Lipinski definition) is 5. The molecule has 1 unspecified atom stereocenters. The number of amides is 2. The predicted octanol–water partition coefficient (Wildman–Crippen LogP) is 4.93. The number of alkyl carbamates (subject to hydrolysis) is 1. The van der Waals surface area contributed by atoms with Crippen LogP contribution >= 0.6 is 0 Å². The molecule has 6 rings (SSSR count). The Hall–Kier alpha value is -4.17. The molecular weight excluding hydrogens is 530 g/mol. The van der Waals surface area contributed by atoms with E-state index in [2.05, 4.69) is 51.9 Å². The Bertz CT molecular complexity index is 1430. The van der Waals surface area contributed by atoms with Crippen LogP contribution in [-0.2, 0) is 20.9 Å². The van der Waals surface area contributed by atoms with Gasteiger partial charge in [0.05, 0.1) is 0 Å². The van der Waals surface area contributed by atoms with Gasteiger partial charge in [0.2, 0.25) is 5.91 Å². The number of benzene rings is 3. The Morgan fingerprint density at radius 2 is 1.48 bits per heavy atom. The smallest absolute Gasteiger partial charge is 0.408 e. The lowest BCUT2D eigenvalue weighted by Gasteiger charge is -2.42. The highest BCUT2D eigenvalue weighted by Crippen LogP contribution is 2.44. The van der Waals surface area contributed by atoms with Crippen molar-refractivity contribution in [3.63, 3.8) is 0 Å². The maximum absolute atomic E-state index is 13.9. The van der Waals surface area contributed by atoms with E-state index < -0.39 is 29.0 Å². The van der Waals surface area contributed by atoms with Gasteiger partial charge in [-0.25, -0.2) is 9.59 Å². The number of carboxylic acids is 1. The monoisotopic (exact) mass is 567 g/mol. The zero-order valence-corrected chi connectivity index (χ0v) is 23.8. The van der Waals surface area contributed by atoms with Gasteiger partial charge in [0.15, 0.2) is 0 Å². The van der Waals surface area contributed by atoms with Crippen molar-refractivity contribution in [2.24, 2.45) is 5.92 Å². The van der Waals surface area contributed by atoms with Crippen molar-refractivity contribution in [1.82, 2.24) is 15.5 Å². The van der Waals surface area contributed by atoms with Crippen molar-refractivity contribution >= 4 is 18.0 Å². The molecule has 0 bridgehead atoms. The molecule has 3 aromatic carbocycles. The van der Waals surface area contributed by atoms with Gasteiger partial charge in [0, 0.05) is 25.6 Å². The summed E-state index contributed by atoms with van der Waals surface area (Å²) in [6, 6.07) is 26.4. The Labute approximate surface area is 246 Å². The molecule has 1 heterocycles. The Kier molecular flexibility index (Phi) is 7.49. The number of carbonyl (C=O) groups is 3. The lowest BCUT2D eigenvalue weighted by Crippen LogP contribution is -2.67. The van der Waals surface area contributed by atoms with E-state index in [4.69, 9.17) is 4.74 Å². The summed E-state index contributed by atoms with van der Waals surface area (Å²) >= 11 is 0. The summed E-state index contributed by atoms with van der Waals surface area (Å²) in [6.45, 7) is 3.57. The fourth-order valence-electron chi connectivity index (χ4n) is 6.52. The zero-order chi connectivity index (χ0) is 29.3. The molecule has 0 radical (unpaired) electrons. The molecule has 42 heavy (non-hydrogen) atoms. The molecule has 1 saturated carbocycles. The first kappa shape index (κ1) is 28.0. The van der Waals surface area contributed by atoms with Crippen LogP contribution in [0.5, 0.6) is 0 Å². The number of nitrogens with zero attached hydrogens (tertiary/aromatic N) is 1.